The summed E-state index contributed by atoms with van der Waals surface area (Å²) < 4.78 is 32.7. The van der Waals surface area contributed by atoms with Crippen LogP contribution in [0.4, 0.5) is 0 Å². The molecule has 0 saturated carbocycles. The van der Waals surface area contributed by atoms with Crippen LogP contribution in [-0.4, -0.2) is 129 Å². The number of hydrogen-bond acceptors (Lipinski definition) is 15. The first-order valence-electron chi connectivity index (χ1n) is 13.6. The molecule has 2 aromatic carbocycles. The van der Waals surface area contributed by atoms with Crippen LogP contribution < -0.4 is 4.74 Å². The Morgan fingerprint density at radius 2 is 1.75 bits per heavy atom. The number of carbonyl (C=O) groups excluding carboxylic acids is 1. The molecule has 2 aliphatic rings. The van der Waals surface area contributed by atoms with E-state index in [2.05, 4.69) is 0 Å². The van der Waals surface area contributed by atoms with Gasteiger partial charge in [-0.3, -0.25) is 0 Å². The van der Waals surface area contributed by atoms with E-state index in [1.165, 1.54) is 43.5 Å². The Hall–Kier alpha value is -3.51. The average Bonchev–Trinajstić information content (AvgIpc) is 3.30. The van der Waals surface area contributed by atoms with Gasteiger partial charge in [0.2, 0.25) is 0 Å². The molecule has 0 spiro atoms. The highest BCUT2D eigenvalue weighted by Gasteiger charge is 2.51. The first-order valence-corrected chi connectivity index (χ1v) is 13.6. The van der Waals surface area contributed by atoms with Crippen molar-refractivity contribution in [1.29, 1.82) is 0 Å². The number of esters is 1. The molecule has 2 fully saturated rings. The van der Waals surface area contributed by atoms with Crippen LogP contribution in [-0.2, 0) is 34.9 Å². The minimum absolute atomic E-state index is 0.0521. The van der Waals surface area contributed by atoms with Crippen molar-refractivity contribution in [2.75, 3.05) is 33.5 Å². The van der Waals surface area contributed by atoms with Gasteiger partial charge in [0, 0.05) is 6.08 Å². The largest absolute Gasteiger partial charge is 0.504 e. The molecule has 2 aliphatic heterocycles. The molecule has 0 bridgehead atoms. The lowest BCUT2D eigenvalue weighted by atomic mass is 9.98. The predicted octanol–water partition coefficient (Wildman–Crippen LogP) is -1.10. The highest BCUT2D eigenvalue weighted by molar-refractivity contribution is 5.87. The van der Waals surface area contributed by atoms with Crippen LogP contribution in [0.1, 0.15) is 11.1 Å². The number of ether oxygens (including phenoxy) is 6. The summed E-state index contributed by atoms with van der Waals surface area (Å²) in [5, 5.41) is 80.5. The van der Waals surface area contributed by atoms with Crippen LogP contribution >= 0.6 is 0 Å². The number of rotatable bonds is 12. The van der Waals surface area contributed by atoms with Crippen molar-refractivity contribution in [3.63, 3.8) is 0 Å². The molecular formula is C29H36O15. The Morgan fingerprint density at radius 3 is 2.43 bits per heavy atom. The molecule has 0 aromatic heterocycles. The van der Waals surface area contributed by atoms with Gasteiger partial charge < -0.3 is 69.3 Å². The third-order valence-electron chi connectivity index (χ3n) is 7.23. The van der Waals surface area contributed by atoms with E-state index in [9.17, 15) is 45.6 Å². The van der Waals surface area contributed by atoms with Gasteiger partial charge in [-0.15, -0.1) is 0 Å². The molecular weight excluding hydrogens is 588 g/mol. The fraction of sp³-hybridized carbons (Fsp3) is 0.483. The van der Waals surface area contributed by atoms with Gasteiger partial charge in [0.05, 0.1) is 33.5 Å². The van der Waals surface area contributed by atoms with E-state index in [4.69, 9.17) is 28.4 Å². The maximum absolute atomic E-state index is 12.7. The van der Waals surface area contributed by atoms with E-state index in [-0.39, 0.29) is 36.0 Å². The maximum atomic E-state index is 12.7. The van der Waals surface area contributed by atoms with E-state index in [0.717, 1.165) is 6.08 Å². The number of aromatic hydroxyl groups is 3. The second kappa shape index (κ2) is 14.5. The summed E-state index contributed by atoms with van der Waals surface area (Å²) in [4.78, 5) is 12.7. The molecule has 0 radical (unpaired) electrons. The zero-order valence-electron chi connectivity index (χ0n) is 23.6. The summed E-state index contributed by atoms with van der Waals surface area (Å²) >= 11 is 0. The molecule has 8 N–H and O–H groups in total. The Bertz CT molecular complexity index is 1300. The molecule has 2 saturated heterocycles. The van der Waals surface area contributed by atoms with Crippen molar-refractivity contribution in [2.24, 2.45) is 0 Å². The number of phenols is 3. The molecule has 4 rings (SSSR count). The highest BCUT2D eigenvalue weighted by atomic mass is 16.7. The van der Waals surface area contributed by atoms with E-state index < -0.39 is 74.5 Å². The number of aliphatic hydroxyl groups is 5. The number of carbonyl (C=O) groups is 1. The van der Waals surface area contributed by atoms with Crippen molar-refractivity contribution in [3.05, 3.63) is 53.6 Å². The van der Waals surface area contributed by atoms with Gasteiger partial charge in [0.25, 0.3) is 0 Å². The third-order valence-corrected chi connectivity index (χ3v) is 7.23. The average molecular weight is 625 g/mol. The normalized spacial score (nSPS) is 30.5. The molecule has 2 heterocycles. The first-order chi connectivity index (χ1) is 20.9. The minimum Gasteiger partial charge on any atom is -0.504 e. The Balaban J connectivity index is 1.44. The second-order valence-electron chi connectivity index (χ2n) is 10.4. The van der Waals surface area contributed by atoms with Crippen LogP contribution in [0.5, 0.6) is 23.0 Å². The Labute approximate surface area is 251 Å². The maximum Gasteiger partial charge on any atom is 0.331 e. The minimum atomic E-state index is -1.96. The van der Waals surface area contributed by atoms with Crippen LogP contribution in [0.3, 0.4) is 0 Å². The van der Waals surface area contributed by atoms with Gasteiger partial charge in [0.15, 0.2) is 41.7 Å². The number of methoxy groups -OCH3 is 1. The fourth-order valence-electron chi connectivity index (χ4n) is 4.60. The quantitative estimate of drug-likeness (QED) is 0.0795. The van der Waals surface area contributed by atoms with Crippen LogP contribution in [0, 0.1) is 0 Å². The molecule has 0 amide bonds. The van der Waals surface area contributed by atoms with Crippen molar-refractivity contribution in [3.8, 4) is 23.0 Å². The second-order valence-corrected chi connectivity index (χ2v) is 10.4. The van der Waals surface area contributed by atoms with Crippen LogP contribution in [0.2, 0.25) is 0 Å². The first kappa shape index (κ1) is 33.4. The van der Waals surface area contributed by atoms with Gasteiger partial charge in [-0.2, -0.15) is 0 Å². The zero-order valence-corrected chi connectivity index (χ0v) is 23.6. The standard InChI is InChI=1S/C29H36O15/c1-39-20-11-15(3-6-18(20)32)4-7-22(34)44-25-21(12-41-28-26(37)29(38,13-30)14-42-28)43-27(24(36)23(25)35)40-9-8-16-2-5-17(31)19(33)10-16/h2-7,10-11,21,23-28,30-33,35-38H,8-9,12-14H2,1H3/b7-4+/t21-,23-,24-,25-,26+,27-,28-,29-/m1/s1. The van der Waals surface area contributed by atoms with Gasteiger partial charge >= 0.3 is 5.97 Å². The molecule has 0 unspecified atom stereocenters. The van der Waals surface area contributed by atoms with Gasteiger partial charge in [0.1, 0.15) is 30.0 Å². The topological polar surface area (TPSA) is 234 Å². The van der Waals surface area contributed by atoms with Gasteiger partial charge in [-0.25, -0.2) is 4.79 Å². The lowest BCUT2D eigenvalue weighted by molar-refractivity contribution is -0.310. The summed E-state index contributed by atoms with van der Waals surface area (Å²) in [5.74, 6) is -1.47. The monoisotopic (exact) mass is 624 g/mol. The molecule has 2 aromatic rings. The number of benzene rings is 2. The van der Waals surface area contributed by atoms with E-state index in [1.54, 1.807) is 6.07 Å². The molecule has 8 atom stereocenters. The number of hydrogen-bond donors (Lipinski definition) is 8. The zero-order chi connectivity index (χ0) is 32.0. The lowest BCUT2D eigenvalue weighted by Crippen LogP contribution is -2.61. The number of aliphatic hydroxyl groups excluding tert-OH is 4. The smallest absolute Gasteiger partial charge is 0.331 e. The van der Waals surface area contributed by atoms with Crippen molar-refractivity contribution in [1.82, 2.24) is 0 Å². The lowest BCUT2D eigenvalue weighted by Gasteiger charge is -2.42. The van der Waals surface area contributed by atoms with E-state index in [1.807, 2.05) is 0 Å². The van der Waals surface area contributed by atoms with E-state index in [0.29, 0.717) is 11.1 Å². The number of phenolic OH excluding ortho intramolecular Hbond substituents is 3. The highest BCUT2D eigenvalue weighted by Crippen LogP contribution is 2.30. The summed E-state index contributed by atoms with van der Waals surface area (Å²) in [6.45, 7) is -1.75. The van der Waals surface area contributed by atoms with Crippen molar-refractivity contribution in [2.45, 2.75) is 55.1 Å². The van der Waals surface area contributed by atoms with Gasteiger partial charge in [-0.05, 0) is 47.9 Å². The van der Waals surface area contributed by atoms with Gasteiger partial charge in [-0.1, -0.05) is 12.1 Å². The Kier molecular flexibility index (Phi) is 11.0. The molecule has 44 heavy (non-hydrogen) atoms. The fourth-order valence-corrected chi connectivity index (χ4v) is 4.60. The molecule has 15 heteroatoms. The van der Waals surface area contributed by atoms with Crippen molar-refractivity contribution < 1.29 is 74.1 Å². The summed E-state index contributed by atoms with van der Waals surface area (Å²) in [5.41, 5.74) is -0.883. The summed E-state index contributed by atoms with van der Waals surface area (Å²) in [6, 6.07) is 8.55. The third kappa shape index (κ3) is 7.76. The summed E-state index contributed by atoms with van der Waals surface area (Å²) in [6.07, 6.45) is -8.01. The molecule has 242 valence electrons. The van der Waals surface area contributed by atoms with Crippen molar-refractivity contribution >= 4 is 12.0 Å². The summed E-state index contributed by atoms with van der Waals surface area (Å²) in [7, 11) is 1.37. The Morgan fingerprint density at radius 1 is 1.00 bits per heavy atom. The van der Waals surface area contributed by atoms with E-state index >= 15 is 0 Å². The van der Waals surface area contributed by atoms with Crippen LogP contribution in [0.25, 0.3) is 6.08 Å². The molecule has 15 nitrogen and oxygen atoms in total. The predicted molar refractivity (Wildman–Crippen MR) is 147 cm³/mol. The SMILES string of the molecule is COc1cc(/C=C/C(=O)O[C@H]2[C@H](O)[C@@H](O)[C@H](OCCc3ccc(O)c(O)c3)O[C@@H]2CO[C@@H]2OC[C@](O)(CO)[C@H]2O)ccc1O. The molecule has 0 aliphatic carbocycles. The van der Waals surface area contributed by atoms with Crippen LogP contribution in [0.15, 0.2) is 42.5 Å².